The lowest BCUT2D eigenvalue weighted by Gasteiger charge is -2.17. The van der Waals surface area contributed by atoms with Gasteiger partial charge in [0, 0.05) is 18.5 Å². The second-order valence-electron chi connectivity index (χ2n) is 5.25. The summed E-state index contributed by atoms with van der Waals surface area (Å²) in [6.45, 7) is 4.71. The van der Waals surface area contributed by atoms with E-state index in [4.69, 9.17) is 5.73 Å². The average molecular weight is 260 g/mol. The molecule has 0 saturated heterocycles. The number of carbonyl (C=O) groups is 1. The van der Waals surface area contributed by atoms with Gasteiger partial charge in [0.1, 0.15) is 0 Å². The van der Waals surface area contributed by atoms with Crippen molar-refractivity contribution in [3.05, 3.63) is 0 Å². The van der Waals surface area contributed by atoms with E-state index in [9.17, 15) is 4.79 Å². The number of hydrogen-bond acceptors (Lipinski definition) is 3. The van der Waals surface area contributed by atoms with Crippen molar-refractivity contribution in [3.63, 3.8) is 0 Å². The summed E-state index contributed by atoms with van der Waals surface area (Å²) in [7, 11) is 0. The Morgan fingerprint density at radius 2 is 1.88 bits per heavy atom. The highest BCUT2D eigenvalue weighted by molar-refractivity contribution is 7.98. The average Bonchev–Trinajstić information content (AvgIpc) is 2.24. The molecule has 3 nitrogen and oxygen atoms in total. The summed E-state index contributed by atoms with van der Waals surface area (Å²) >= 11 is 1.90. The summed E-state index contributed by atoms with van der Waals surface area (Å²) in [5.41, 5.74) is 5.58. The van der Waals surface area contributed by atoms with Gasteiger partial charge in [0.05, 0.1) is 0 Å². The zero-order valence-electron chi connectivity index (χ0n) is 11.6. The first-order valence-corrected chi connectivity index (χ1v) is 7.89. The van der Waals surface area contributed by atoms with Crippen LogP contribution in [0.1, 0.15) is 52.4 Å². The molecule has 0 saturated carbocycles. The molecule has 0 atom stereocenters. The Labute approximate surface area is 110 Å². The van der Waals surface area contributed by atoms with Gasteiger partial charge < -0.3 is 11.1 Å². The highest BCUT2D eigenvalue weighted by atomic mass is 32.2. The van der Waals surface area contributed by atoms with Gasteiger partial charge in [0.15, 0.2) is 0 Å². The lowest BCUT2D eigenvalue weighted by molar-refractivity contribution is -0.121. The Bertz CT molecular complexity index is 202. The van der Waals surface area contributed by atoms with Gasteiger partial charge in [-0.1, -0.05) is 12.8 Å². The maximum Gasteiger partial charge on any atom is 0.220 e. The highest BCUT2D eigenvalue weighted by Gasteiger charge is 2.12. The Hall–Kier alpha value is -0.220. The van der Waals surface area contributed by atoms with E-state index in [-0.39, 0.29) is 11.4 Å². The standard InChI is InChI=1S/C13H28N2OS/c1-13(2,14)9-8-12(16)15-10-6-4-5-7-11-17-3/h4-11,14H2,1-3H3,(H,15,16). The molecule has 0 heterocycles. The van der Waals surface area contributed by atoms with Crippen LogP contribution in [-0.4, -0.2) is 30.0 Å². The number of rotatable bonds is 10. The third kappa shape index (κ3) is 13.7. The topological polar surface area (TPSA) is 55.1 Å². The predicted molar refractivity (Wildman–Crippen MR) is 77.4 cm³/mol. The number of nitrogens with one attached hydrogen (secondary N) is 1. The Kier molecular flexibility index (Phi) is 9.65. The second kappa shape index (κ2) is 9.77. The van der Waals surface area contributed by atoms with E-state index in [0.717, 1.165) is 19.4 Å². The molecule has 0 spiro atoms. The Morgan fingerprint density at radius 3 is 2.47 bits per heavy atom. The van der Waals surface area contributed by atoms with Crippen LogP contribution in [0.3, 0.4) is 0 Å². The van der Waals surface area contributed by atoms with Crippen molar-refractivity contribution < 1.29 is 4.79 Å². The Balaban J connectivity index is 3.28. The minimum Gasteiger partial charge on any atom is -0.356 e. The first-order chi connectivity index (χ1) is 7.95. The van der Waals surface area contributed by atoms with E-state index in [1.54, 1.807) is 0 Å². The quantitative estimate of drug-likeness (QED) is 0.594. The second-order valence-corrected chi connectivity index (χ2v) is 6.23. The van der Waals surface area contributed by atoms with Gasteiger partial charge in [-0.2, -0.15) is 11.8 Å². The third-order valence-corrected chi connectivity index (χ3v) is 3.29. The SMILES string of the molecule is CSCCCCCCNC(=O)CCC(C)(C)N. The molecular weight excluding hydrogens is 232 g/mol. The van der Waals surface area contributed by atoms with Gasteiger partial charge in [-0.05, 0) is 45.1 Å². The first-order valence-electron chi connectivity index (χ1n) is 6.50. The molecular formula is C13H28N2OS. The van der Waals surface area contributed by atoms with Crippen LogP contribution in [0.25, 0.3) is 0 Å². The maximum atomic E-state index is 11.5. The maximum absolute atomic E-state index is 11.5. The summed E-state index contributed by atoms with van der Waals surface area (Å²) in [6, 6.07) is 0. The molecule has 0 aliphatic heterocycles. The molecule has 0 aromatic rings. The normalized spacial score (nSPS) is 11.5. The van der Waals surface area contributed by atoms with Gasteiger partial charge >= 0.3 is 0 Å². The fraction of sp³-hybridized carbons (Fsp3) is 0.923. The molecule has 0 aliphatic carbocycles. The summed E-state index contributed by atoms with van der Waals surface area (Å²) in [5, 5.41) is 2.95. The monoisotopic (exact) mass is 260 g/mol. The number of hydrogen-bond donors (Lipinski definition) is 2. The minimum absolute atomic E-state index is 0.132. The minimum atomic E-state index is -0.241. The zero-order valence-corrected chi connectivity index (χ0v) is 12.4. The molecule has 0 radical (unpaired) electrons. The molecule has 0 aliphatic rings. The van der Waals surface area contributed by atoms with Gasteiger partial charge in [-0.25, -0.2) is 0 Å². The van der Waals surface area contributed by atoms with E-state index in [2.05, 4.69) is 11.6 Å². The molecule has 0 bridgehead atoms. The van der Waals surface area contributed by atoms with Crippen LogP contribution >= 0.6 is 11.8 Å². The molecule has 3 N–H and O–H groups in total. The van der Waals surface area contributed by atoms with Crippen molar-refractivity contribution >= 4 is 17.7 Å². The molecule has 17 heavy (non-hydrogen) atoms. The molecule has 0 aromatic heterocycles. The molecule has 1 amide bonds. The van der Waals surface area contributed by atoms with Gasteiger partial charge in [-0.3, -0.25) is 4.79 Å². The molecule has 0 aromatic carbocycles. The predicted octanol–water partition coefficient (Wildman–Crippen LogP) is 2.54. The number of unbranched alkanes of at least 4 members (excludes halogenated alkanes) is 3. The highest BCUT2D eigenvalue weighted by Crippen LogP contribution is 2.07. The summed E-state index contributed by atoms with van der Waals surface area (Å²) < 4.78 is 0. The van der Waals surface area contributed by atoms with E-state index in [1.807, 2.05) is 25.6 Å². The van der Waals surface area contributed by atoms with Crippen LogP contribution < -0.4 is 11.1 Å². The fourth-order valence-corrected chi connectivity index (χ4v) is 1.97. The zero-order chi connectivity index (χ0) is 13.1. The summed E-state index contributed by atoms with van der Waals surface area (Å²) in [6.07, 6.45) is 8.28. The largest absolute Gasteiger partial charge is 0.356 e. The number of amides is 1. The van der Waals surface area contributed by atoms with Crippen molar-refractivity contribution in [1.82, 2.24) is 5.32 Å². The van der Waals surface area contributed by atoms with E-state index >= 15 is 0 Å². The van der Waals surface area contributed by atoms with Crippen LogP contribution in [0.2, 0.25) is 0 Å². The van der Waals surface area contributed by atoms with Gasteiger partial charge in [0.25, 0.3) is 0 Å². The lowest BCUT2D eigenvalue weighted by Crippen LogP contribution is -2.34. The molecule has 4 heteroatoms. The van der Waals surface area contributed by atoms with Crippen molar-refractivity contribution in [3.8, 4) is 0 Å². The van der Waals surface area contributed by atoms with Crippen LogP contribution in [0.5, 0.6) is 0 Å². The van der Waals surface area contributed by atoms with E-state index < -0.39 is 0 Å². The molecule has 102 valence electrons. The van der Waals surface area contributed by atoms with Crippen molar-refractivity contribution in [2.75, 3.05) is 18.6 Å². The van der Waals surface area contributed by atoms with Crippen LogP contribution in [-0.2, 0) is 4.79 Å². The third-order valence-electron chi connectivity index (χ3n) is 2.59. The lowest BCUT2D eigenvalue weighted by atomic mass is 10.00. The number of carbonyl (C=O) groups excluding carboxylic acids is 1. The fourth-order valence-electron chi connectivity index (χ4n) is 1.48. The van der Waals surface area contributed by atoms with E-state index in [1.165, 1.54) is 25.0 Å². The summed E-state index contributed by atoms with van der Waals surface area (Å²) in [4.78, 5) is 11.5. The number of nitrogens with two attached hydrogens (primary N) is 1. The van der Waals surface area contributed by atoms with Crippen LogP contribution in [0.15, 0.2) is 0 Å². The number of thioether (sulfide) groups is 1. The van der Waals surface area contributed by atoms with Crippen LogP contribution in [0, 0.1) is 0 Å². The summed E-state index contributed by atoms with van der Waals surface area (Å²) in [5.74, 6) is 1.38. The van der Waals surface area contributed by atoms with Gasteiger partial charge in [-0.15, -0.1) is 0 Å². The van der Waals surface area contributed by atoms with Crippen LogP contribution in [0.4, 0.5) is 0 Å². The smallest absolute Gasteiger partial charge is 0.220 e. The van der Waals surface area contributed by atoms with Crippen molar-refractivity contribution in [2.45, 2.75) is 57.9 Å². The van der Waals surface area contributed by atoms with Crippen molar-refractivity contribution in [2.24, 2.45) is 5.73 Å². The molecule has 0 rings (SSSR count). The Morgan fingerprint density at radius 1 is 1.24 bits per heavy atom. The van der Waals surface area contributed by atoms with E-state index in [0.29, 0.717) is 6.42 Å². The first kappa shape index (κ1) is 16.8. The van der Waals surface area contributed by atoms with Crippen molar-refractivity contribution in [1.29, 1.82) is 0 Å². The molecule has 0 fully saturated rings. The van der Waals surface area contributed by atoms with Gasteiger partial charge in [0.2, 0.25) is 5.91 Å². The molecule has 0 unspecified atom stereocenters.